The third-order valence-corrected chi connectivity index (χ3v) is 3.12. The van der Waals surface area contributed by atoms with Crippen LogP contribution in [0.25, 0.3) is 11.2 Å². The van der Waals surface area contributed by atoms with Crippen molar-refractivity contribution in [3.63, 3.8) is 0 Å². The Morgan fingerprint density at radius 1 is 1.40 bits per heavy atom. The molecule has 0 fully saturated rings. The number of aryl methyl sites for hydroxylation is 1. The number of fused-ring (bicyclic) bond motifs is 1. The lowest BCUT2D eigenvalue weighted by molar-refractivity contribution is 0.311. The van der Waals surface area contributed by atoms with Crippen LogP contribution in [0, 0.1) is 0 Å². The Morgan fingerprint density at radius 2 is 2.15 bits per heavy atom. The van der Waals surface area contributed by atoms with Gasteiger partial charge in [-0.05, 0) is 6.42 Å². The molecule has 2 heterocycles. The van der Waals surface area contributed by atoms with E-state index in [0.717, 1.165) is 17.4 Å². The fraction of sp³-hybridized carbons (Fsp3) is 0.583. The van der Waals surface area contributed by atoms with Crippen LogP contribution in [-0.4, -0.2) is 37.4 Å². The van der Waals surface area contributed by atoms with Crippen molar-refractivity contribution in [1.29, 1.82) is 0 Å². The minimum absolute atomic E-state index is 0.0440. The van der Waals surface area contributed by atoms with Crippen molar-refractivity contribution >= 4 is 17.1 Å². The molecule has 0 radical (unpaired) electrons. The Kier molecular flexibility index (Phi) is 4.23. The van der Waals surface area contributed by atoms with Gasteiger partial charge in [-0.1, -0.05) is 13.3 Å². The molecule has 0 amide bonds. The summed E-state index contributed by atoms with van der Waals surface area (Å²) in [6.07, 6.45) is 1.77. The Morgan fingerprint density at radius 3 is 2.80 bits per heavy atom. The molecule has 20 heavy (non-hydrogen) atoms. The molecule has 2 aromatic heterocycles. The van der Waals surface area contributed by atoms with E-state index in [9.17, 15) is 9.59 Å². The molecule has 0 atom stereocenters. The first-order valence-corrected chi connectivity index (χ1v) is 6.64. The summed E-state index contributed by atoms with van der Waals surface area (Å²) in [6, 6.07) is 0. The van der Waals surface area contributed by atoms with E-state index < -0.39 is 5.56 Å². The number of imidazole rings is 1. The fourth-order valence-electron chi connectivity index (χ4n) is 2.01. The molecule has 8 heteroatoms. The van der Waals surface area contributed by atoms with E-state index in [-0.39, 0.29) is 12.3 Å². The summed E-state index contributed by atoms with van der Waals surface area (Å²) in [6.45, 7) is 2.82. The van der Waals surface area contributed by atoms with Gasteiger partial charge in [0.1, 0.15) is 0 Å². The normalized spacial score (nSPS) is 11.2. The van der Waals surface area contributed by atoms with Crippen LogP contribution in [0.4, 0.5) is 5.95 Å². The van der Waals surface area contributed by atoms with Gasteiger partial charge in [0.15, 0.2) is 11.2 Å². The first-order valence-electron chi connectivity index (χ1n) is 6.64. The average molecular weight is 281 g/mol. The van der Waals surface area contributed by atoms with E-state index in [2.05, 4.69) is 15.3 Å². The number of nitrogens with one attached hydrogen (secondary N) is 2. The molecule has 0 saturated carbocycles. The number of aromatic amines is 1. The number of aromatic nitrogens is 4. The molecule has 110 valence electrons. The number of unbranched alkanes of at least 4 members (excludes halogenated alkanes) is 1. The van der Waals surface area contributed by atoms with Crippen LogP contribution < -0.4 is 16.6 Å². The van der Waals surface area contributed by atoms with Gasteiger partial charge in [-0.3, -0.25) is 13.9 Å². The Balaban J connectivity index is 2.60. The van der Waals surface area contributed by atoms with Gasteiger partial charge >= 0.3 is 5.69 Å². The van der Waals surface area contributed by atoms with E-state index >= 15 is 0 Å². The number of nitrogens with zero attached hydrogens (tertiary/aromatic N) is 3. The van der Waals surface area contributed by atoms with E-state index in [1.807, 2.05) is 6.92 Å². The van der Waals surface area contributed by atoms with E-state index in [0.29, 0.717) is 30.2 Å². The number of hydrogen-bond acceptors (Lipinski definition) is 5. The summed E-state index contributed by atoms with van der Waals surface area (Å²) in [5.41, 5.74) is -0.117. The van der Waals surface area contributed by atoms with Crippen molar-refractivity contribution in [2.24, 2.45) is 7.05 Å². The first-order chi connectivity index (χ1) is 9.60. The summed E-state index contributed by atoms with van der Waals surface area (Å²) >= 11 is 0. The maximum absolute atomic E-state index is 12.1. The van der Waals surface area contributed by atoms with Gasteiger partial charge in [0.05, 0.1) is 6.61 Å². The van der Waals surface area contributed by atoms with Crippen LogP contribution in [0.5, 0.6) is 0 Å². The second-order valence-corrected chi connectivity index (χ2v) is 4.59. The van der Waals surface area contributed by atoms with Crippen molar-refractivity contribution < 1.29 is 5.11 Å². The SMILES string of the molecule is CCCCn1c(=O)n(C)c(=O)c2[nH]c(NCCO)nc21. The minimum Gasteiger partial charge on any atom is -0.395 e. The third kappa shape index (κ3) is 2.46. The maximum Gasteiger partial charge on any atom is 0.332 e. The van der Waals surface area contributed by atoms with E-state index in [1.165, 1.54) is 11.6 Å². The lowest BCUT2D eigenvalue weighted by Crippen LogP contribution is -2.38. The van der Waals surface area contributed by atoms with Crippen molar-refractivity contribution in [3.8, 4) is 0 Å². The summed E-state index contributed by atoms with van der Waals surface area (Å²) in [4.78, 5) is 31.3. The molecule has 0 aliphatic carbocycles. The Hall–Kier alpha value is -2.09. The highest BCUT2D eigenvalue weighted by Gasteiger charge is 2.14. The summed E-state index contributed by atoms with van der Waals surface area (Å²) < 4.78 is 2.58. The highest BCUT2D eigenvalue weighted by atomic mass is 16.3. The van der Waals surface area contributed by atoms with Crippen LogP contribution in [0.3, 0.4) is 0 Å². The van der Waals surface area contributed by atoms with Crippen molar-refractivity contribution in [2.45, 2.75) is 26.3 Å². The highest BCUT2D eigenvalue weighted by molar-refractivity contribution is 5.72. The quantitative estimate of drug-likeness (QED) is 0.670. The molecule has 0 spiro atoms. The van der Waals surface area contributed by atoms with Crippen LogP contribution in [0.15, 0.2) is 9.59 Å². The minimum atomic E-state index is -0.401. The van der Waals surface area contributed by atoms with Gasteiger partial charge in [0.25, 0.3) is 5.56 Å². The second-order valence-electron chi connectivity index (χ2n) is 4.59. The molecule has 3 N–H and O–H groups in total. The first kappa shape index (κ1) is 14.3. The topological polar surface area (TPSA) is 105 Å². The monoisotopic (exact) mass is 281 g/mol. The molecule has 2 aromatic rings. The number of aliphatic hydroxyl groups is 1. The lowest BCUT2D eigenvalue weighted by Gasteiger charge is -2.07. The largest absolute Gasteiger partial charge is 0.395 e. The van der Waals surface area contributed by atoms with E-state index in [4.69, 9.17) is 5.11 Å². The highest BCUT2D eigenvalue weighted by Crippen LogP contribution is 2.09. The molecule has 0 aliphatic rings. The lowest BCUT2D eigenvalue weighted by atomic mass is 10.3. The number of anilines is 1. The predicted molar refractivity (Wildman–Crippen MR) is 76.1 cm³/mol. The molecule has 0 aliphatic heterocycles. The van der Waals surface area contributed by atoms with E-state index in [1.54, 1.807) is 0 Å². The fourth-order valence-corrected chi connectivity index (χ4v) is 2.01. The zero-order valence-electron chi connectivity index (χ0n) is 11.6. The molecular weight excluding hydrogens is 262 g/mol. The maximum atomic E-state index is 12.1. The molecule has 8 nitrogen and oxygen atoms in total. The summed E-state index contributed by atoms with van der Waals surface area (Å²) in [5.74, 6) is 0.377. The summed E-state index contributed by atoms with van der Waals surface area (Å²) in [7, 11) is 1.45. The van der Waals surface area contributed by atoms with Crippen LogP contribution in [0.1, 0.15) is 19.8 Å². The van der Waals surface area contributed by atoms with Gasteiger partial charge < -0.3 is 15.4 Å². The zero-order chi connectivity index (χ0) is 14.7. The van der Waals surface area contributed by atoms with Gasteiger partial charge in [-0.2, -0.15) is 4.98 Å². The van der Waals surface area contributed by atoms with Crippen molar-refractivity contribution in [1.82, 2.24) is 19.1 Å². The van der Waals surface area contributed by atoms with Crippen LogP contribution in [0.2, 0.25) is 0 Å². The molecule has 0 aromatic carbocycles. The number of aliphatic hydroxyl groups excluding tert-OH is 1. The Bertz CT molecular complexity index is 712. The second kappa shape index (κ2) is 5.91. The smallest absolute Gasteiger partial charge is 0.332 e. The van der Waals surface area contributed by atoms with Crippen molar-refractivity contribution in [2.75, 3.05) is 18.5 Å². The van der Waals surface area contributed by atoms with Gasteiger partial charge in [0, 0.05) is 20.1 Å². The molecule has 2 rings (SSSR count). The molecular formula is C12H19N5O3. The number of rotatable bonds is 6. The predicted octanol–water partition coefficient (Wildman–Crippen LogP) is -0.372. The van der Waals surface area contributed by atoms with Crippen LogP contribution >= 0.6 is 0 Å². The zero-order valence-corrected chi connectivity index (χ0v) is 11.6. The average Bonchev–Trinajstić information content (AvgIpc) is 2.87. The van der Waals surface area contributed by atoms with Gasteiger partial charge in [-0.15, -0.1) is 0 Å². The number of H-pyrrole nitrogens is 1. The number of hydrogen-bond donors (Lipinski definition) is 3. The summed E-state index contributed by atoms with van der Waals surface area (Å²) in [5, 5.41) is 11.6. The van der Waals surface area contributed by atoms with Gasteiger partial charge in [-0.25, -0.2) is 4.79 Å². The molecule has 0 unspecified atom stereocenters. The van der Waals surface area contributed by atoms with Crippen molar-refractivity contribution in [3.05, 3.63) is 20.8 Å². The molecule has 0 bridgehead atoms. The third-order valence-electron chi connectivity index (χ3n) is 3.12. The molecule has 0 saturated heterocycles. The Labute approximate surface area is 115 Å². The van der Waals surface area contributed by atoms with Gasteiger partial charge in [0.2, 0.25) is 5.95 Å². The van der Waals surface area contributed by atoms with Crippen LogP contribution in [-0.2, 0) is 13.6 Å². The standard InChI is InChI=1S/C12H19N5O3/c1-3-4-6-17-9-8(10(19)16(2)12(17)20)14-11(15-9)13-5-7-18/h18H,3-7H2,1-2H3,(H2,13,14,15).